The lowest BCUT2D eigenvalue weighted by atomic mass is 9.65. The SMILES string of the molecule is CC1(C)CC2CC(C)(CN2C(=O)c2c[nH]c3c(I)cccc23)C1. The van der Waals surface area contributed by atoms with E-state index in [9.17, 15) is 4.79 Å². The summed E-state index contributed by atoms with van der Waals surface area (Å²) in [5.41, 5.74) is 2.52. The molecule has 1 aromatic heterocycles. The number of aromatic nitrogens is 1. The van der Waals surface area contributed by atoms with E-state index in [-0.39, 0.29) is 11.3 Å². The average Bonchev–Trinajstić information content (AvgIpc) is 2.97. The second kappa shape index (κ2) is 4.98. The first kappa shape index (κ1) is 15.5. The molecule has 2 bridgehead atoms. The molecule has 1 aromatic carbocycles. The van der Waals surface area contributed by atoms with Crippen molar-refractivity contribution in [3.8, 4) is 0 Å². The van der Waals surface area contributed by atoms with Gasteiger partial charge in [-0.3, -0.25) is 4.79 Å². The van der Waals surface area contributed by atoms with Crippen molar-refractivity contribution in [3.63, 3.8) is 0 Å². The van der Waals surface area contributed by atoms with Gasteiger partial charge < -0.3 is 9.88 Å². The number of nitrogens with zero attached hydrogens (tertiary/aromatic N) is 1. The summed E-state index contributed by atoms with van der Waals surface area (Å²) in [6, 6.07) is 6.54. The molecule has 1 aliphatic carbocycles. The molecule has 1 amide bonds. The first-order valence-electron chi connectivity index (χ1n) is 8.35. The number of hydrogen-bond donors (Lipinski definition) is 1. The molecule has 4 rings (SSSR count). The monoisotopic (exact) mass is 422 g/mol. The molecule has 1 N–H and O–H groups in total. The van der Waals surface area contributed by atoms with Gasteiger partial charge in [-0.05, 0) is 58.7 Å². The molecular formula is C19H23IN2O. The van der Waals surface area contributed by atoms with E-state index >= 15 is 0 Å². The van der Waals surface area contributed by atoms with Crippen LogP contribution in [0.5, 0.6) is 0 Å². The highest BCUT2D eigenvalue weighted by Crippen LogP contribution is 2.52. The van der Waals surface area contributed by atoms with Gasteiger partial charge in [0.05, 0.1) is 11.1 Å². The second-order valence-electron chi connectivity index (χ2n) is 8.51. The van der Waals surface area contributed by atoms with Gasteiger partial charge in [0.1, 0.15) is 0 Å². The van der Waals surface area contributed by atoms with Gasteiger partial charge in [0, 0.05) is 27.7 Å². The highest BCUT2D eigenvalue weighted by molar-refractivity contribution is 14.1. The molecule has 23 heavy (non-hydrogen) atoms. The molecule has 1 saturated carbocycles. The number of hydrogen-bond acceptors (Lipinski definition) is 1. The number of carbonyl (C=O) groups excluding carboxylic acids is 1. The smallest absolute Gasteiger partial charge is 0.256 e. The molecule has 2 atom stereocenters. The normalized spacial score (nSPS) is 29.2. The Bertz CT molecular complexity index is 794. The van der Waals surface area contributed by atoms with E-state index in [0.29, 0.717) is 11.5 Å². The fourth-order valence-electron chi connectivity index (χ4n) is 5.15. The number of likely N-dealkylation sites (tertiary alicyclic amines) is 1. The largest absolute Gasteiger partial charge is 0.360 e. The van der Waals surface area contributed by atoms with Crippen molar-refractivity contribution in [2.24, 2.45) is 10.8 Å². The Hall–Kier alpha value is -1.04. The molecule has 2 aliphatic rings. The predicted octanol–water partition coefficient (Wildman–Crippen LogP) is 4.81. The molecule has 0 spiro atoms. The van der Waals surface area contributed by atoms with Crippen LogP contribution >= 0.6 is 22.6 Å². The third-order valence-corrected chi connectivity index (χ3v) is 6.47. The quantitative estimate of drug-likeness (QED) is 0.658. The zero-order chi connectivity index (χ0) is 16.4. The van der Waals surface area contributed by atoms with E-state index < -0.39 is 0 Å². The fourth-order valence-corrected chi connectivity index (χ4v) is 5.80. The van der Waals surface area contributed by atoms with Crippen LogP contribution in [0.3, 0.4) is 0 Å². The molecule has 4 heteroatoms. The minimum atomic E-state index is 0.199. The molecule has 2 aromatic rings. The summed E-state index contributed by atoms with van der Waals surface area (Å²) < 4.78 is 1.16. The van der Waals surface area contributed by atoms with E-state index in [1.807, 2.05) is 12.3 Å². The van der Waals surface area contributed by atoms with Gasteiger partial charge in [-0.1, -0.05) is 32.9 Å². The lowest BCUT2D eigenvalue weighted by Gasteiger charge is -2.39. The van der Waals surface area contributed by atoms with Gasteiger partial charge >= 0.3 is 0 Å². The third-order valence-electron chi connectivity index (χ3n) is 5.57. The summed E-state index contributed by atoms with van der Waals surface area (Å²) in [6.07, 6.45) is 5.38. The number of fused-ring (bicyclic) bond motifs is 3. The molecule has 1 aliphatic heterocycles. The van der Waals surface area contributed by atoms with Gasteiger partial charge in [0.25, 0.3) is 5.91 Å². The zero-order valence-corrected chi connectivity index (χ0v) is 16.1. The van der Waals surface area contributed by atoms with Gasteiger partial charge in [0.15, 0.2) is 0 Å². The van der Waals surface area contributed by atoms with Gasteiger partial charge in [-0.25, -0.2) is 0 Å². The highest BCUT2D eigenvalue weighted by Gasteiger charge is 2.51. The number of carbonyl (C=O) groups is 1. The second-order valence-corrected chi connectivity index (χ2v) is 9.67. The van der Waals surface area contributed by atoms with Crippen LogP contribution in [-0.2, 0) is 0 Å². The van der Waals surface area contributed by atoms with Crippen LogP contribution in [-0.4, -0.2) is 28.4 Å². The van der Waals surface area contributed by atoms with Crippen molar-refractivity contribution in [3.05, 3.63) is 33.5 Å². The summed E-state index contributed by atoms with van der Waals surface area (Å²) in [7, 11) is 0. The van der Waals surface area contributed by atoms with Gasteiger partial charge in [0.2, 0.25) is 0 Å². The van der Waals surface area contributed by atoms with E-state index in [0.717, 1.165) is 39.4 Å². The summed E-state index contributed by atoms with van der Waals surface area (Å²) in [6.45, 7) is 7.95. The number of halogens is 1. The van der Waals surface area contributed by atoms with Crippen molar-refractivity contribution < 1.29 is 4.79 Å². The lowest BCUT2D eigenvalue weighted by Crippen LogP contribution is -2.37. The van der Waals surface area contributed by atoms with Crippen LogP contribution in [0.15, 0.2) is 24.4 Å². The van der Waals surface area contributed by atoms with Crippen LogP contribution in [0.25, 0.3) is 10.9 Å². The standard InChI is InChI=1S/C19H23IN2O/c1-18(2)7-12-8-19(3,10-18)11-22(12)17(23)14-9-21-16-13(14)5-4-6-15(16)20/h4-6,9,12,21H,7-8,10-11H2,1-3H3. The van der Waals surface area contributed by atoms with Crippen LogP contribution in [0.4, 0.5) is 0 Å². The summed E-state index contributed by atoms with van der Waals surface area (Å²) in [5, 5.41) is 1.05. The predicted molar refractivity (Wildman–Crippen MR) is 102 cm³/mol. The average molecular weight is 422 g/mol. The number of amides is 1. The minimum Gasteiger partial charge on any atom is -0.360 e. The summed E-state index contributed by atoms with van der Waals surface area (Å²) in [4.78, 5) is 18.7. The van der Waals surface area contributed by atoms with E-state index in [1.54, 1.807) is 0 Å². The number of benzene rings is 1. The van der Waals surface area contributed by atoms with Gasteiger partial charge in [-0.15, -0.1) is 0 Å². The minimum absolute atomic E-state index is 0.199. The topological polar surface area (TPSA) is 36.1 Å². The van der Waals surface area contributed by atoms with Crippen LogP contribution in [0.2, 0.25) is 0 Å². The van der Waals surface area contributed by atoms with E-state index in [4.69, 9.17) is 0 Å². The Morgan fingerprint density at radius 3 is 2.87 bits per heavy atom. The number of para-hydroxylation sites is 1. The van der Waals surface area contributed by atoms with Crippen LogP contribution in [0.1, 0.15) is 50.4 Å². The molecule has 3 nitrogen and oxygen atoms in total. The maximum absolute atomic E-state index is 13.2. The highest BCUT2D eigenvalue weighted by atomic mass is 127. The molecule has 0 radical (unpaired) electrons. The Kier molecular flexibility index (Phi) is 3.35. The van der Waals surface area contributed by atoms with E-state index in [1.165, 1.54) is 6.42 Å². The maximum Gasteiger partial charge on any atom is 0.256 e. The number of H-pyrrole nitrogens is 1. The van der Waals surface area contributed by atoms with E-state index in [2.05, 4.69) is 65.4 Å². The van der Waals surface area contributed by atoms with Crippen molar-refractivity contribution in [2.45, 2.75) is 46.1 Å². The van der Waals surface area contributed by atoms with Crippen LogP contribution in [0, 0.1) is 14.4 Å². The Morgan fingerprint density at radius 2 is 2.09 bits per heavy atom. The van der Waals surface area contributed by atoms with Gasteiger partial charge in [-0.2, -0.15) is 0 Å². The molecule has 122 valence electrons. The van der Waals surface area contributed by atoms with Crippen molar-refractivity contribution >= 4 is 39.4 Å². The Labute approximate surface area is 151 Å². The number of aromatic amines is 1. The third kappa shape index (κ3) is 2.49. The summed E-state index contributed by atoms with van der Waals surface area (Å²) in [5.74, 6) is 0.199. The lowest BCUT2D eigenvalue weighted by molar-refractivity contribution is 0.0710. The molecular weight excluding hydrogens is 399 g/mol. The fraction of sp³-hybridized carbons (Fsp3) is 0.526. The molecule has 2 unspecified atom stereocenters. The number of nitrogens with one attached hydrogen (secondary N) is 1. The first-order chi connectivity index (χ1) is 10.8. The van der Waals surface area contributed by atoms with Crippen molar-refractivity contribution in [1.29, 1.82) is 0 Å². The molecule has 2 heterocycles. The Balaban J connectivity index is 1.71. The maximum atomic E-state index is 13.2. The Morgan fingerprint density at radius 1 is 1.30 bits per heavy atom. The molecule has 2 fully saturated rings. The van der Waals surface area contributed by atoms with Crippen molar-refractivity contribution in [2.75, 3.05) is 6.54 Å². The van der Waals surface area contributed by atoms with Crippen molar-refractivity contribution in [1.82, 2.24) is 9.88 Å². The first-order valence-corrected chi connectivity index (χ1v) is 9.43. The zero-order valence-electron chi connectivity index (χ0n) is 13.9. The van der Waals surface area contributed by atoms with Crippen LogP contribution < -0.4 is 0 Å². The number of rotatable bonds is 1. The molecule has 1 saturated heterocycles. The summed E-state index contributed by atoms with van der Waals surface area (Å²) >= 11 is 2.32.